The molecule has 0 aliphatic carbocycles. The molecule has 1 N–H and O–H groups in total. The van der Waals surface area contributed by atoms with Gasteiger partial charge in [0, 0.05) is 0 Å². The van der Waals surface area contributed by atoms with Gasteiger partial charge in [0.25, 0.3) is 0 Å². The molecule has 3 heteroatoms. The first-order valence-corrected chi connectivity index (χ1v) is 16.0. The first-order valence-electron chi connectivity index (χ1n) is 7.41. The standard InChI is InChI=1S/3C4H9.C2H4NS.Sn/c3*1-3-4-2;1-3-2-4;/h3*1,3-4H2,2H3;2H,1H2,(H,3,4);. The molecule has 0 spiro atoms. The molecule has 0 rings (SSSR count). The second-order valence-corrected chi connectivity index (χ2v) is 19.4. The van der Waals surface area contributed by atoms with Crippen LogP contribution in [0.2, 0.25) is 13.3 Å². The Labute approximate surface area is 118 Å². The molecule has 0 saturated carbocycles. The normalized spacial score (nSPS) is 11.5. The number of rotatable bonds is 12. The number of hydrogen-bond donors (Lipinski definition) is 1. The third kappa shape index (κ3) is 8.41. The number of unbranched alkanes of at least 4 members (excludes halogenated alkanes) is 3. The van der Waals surface area contributed by atoms with E-state index >= 15 is 0 Å². The van der Waals surface area contributed by atoms with Crippen LogP contribution in [-0.2, 0) is 0 Å². The van der Waals surface area contributed by atoms with Gasteiger partial charge in [-0.2, -0.15) is 0 Å². The van der Waals surface area contributed by atoms with Crippen LogP contribution in [0.4, 0.5) is 0 Å². The van der Waals surface area contributed by atoms with Crippen LogP contribution < -0.4 is 5.32 Å². The van der Waals surface area contributed by atoms with E-state index in [0.717, 1.165) is 0 Å². The van der Waals surface area contributed by atoms with Crippen molar-refractivity contribution in [2.75, 3.05) is 4.56 Å². The molecule has 0 unspecified atom stereocenters. The summed E-state index contributed by atoms with van der Waals surface area (Å²) in [6.45, 7) is 6.97. The maximum atomic E-state index is 4.96. The summed E-state index contributed by atoms with van der Waals surface area (Å²) in [5.41, 5.74) is 1.75. The molecule has 0 bridgehead atoms. The second kappa shape index (κ2) is 11.8. The summed E-state index contributed by atoms with van der Waals surface area (Å²) in [7, 11) is 0. The Balaban J connectivity index is 4.44. The van der Waals surface area contributed by atoms with Crippen LogP contribution in [0.25, 0.3) is 0 Å². The van der Waals surface area contributed by atoms with E-state index in [4.69, 9.17) is 12.2 Å². The van der Waals surface area contributed by atoms with Gasteiger partial charge in [-0.05, 0) is 0 Å². The fraction of sp³-hybridized carbons (Fsp3) is 0.929. The monoisotopic (exact) mass is 365 g/mol. The van der Waals surface area contributed by atoms with Gasteiger partial charge in [0.05, 0.1) is 0 Å². The van der Waals surface area contributed by atoms with Gasteiger partial charge >= 0.3 is 119 Å². The van der Waals surface area contributed by atoms with Gasteiger partial charge in [0.15, 0.2) is 0 Å². The maximum absolute atomic E-state index is 4.96. The zero-order chi connectivity index (χ0) is 13.0. The van der Waals surface area contributed by atoms with E-state index in [2.05, 4.69) is 26.1 Å². The predicted molar refractivity (Wildman–Crippen MR) is 86.6 cm³/mol. The van der Waals surface area contributed by atoms with Gasteiger partial charge in [-0.3, -0.25) is 0 Å². The molecular formula is C14H31NSSn. The summed E-state index contributed by atoms with van der Waals surface area (Å²) >= 11 is 3.05. The van der Waals surface area contributed by atoms with Crippen molar-refractivity contribution in [3.8, 4) is 0 Å². The quantitative estimate of drug-likeness (QED) is 0.390. The van der Waals surface area contributed by atoms with Gasteiger partial charge in [-0.15, -0.1) is 0 Å². The summed E-state index contributed by atoms with van der Waals surface area (Å²) in [5, 5.41) is 3.40. The van der Waals surface area contributed by atoms with Crippen LogP contribution in [0, 0.1) is 0 Å². The fourth-order valence-corrected chi connectivity index (χ4v) is 17.7. The Bertz CT molecular complexity index is 163. The van der Waals surface area contributed by atoms with Crippen molar-refractivity contribution in [3.05, 3.63) is 0 Å². The van der Waals surface area contributed by atoms with E-state index in [1.54, 1.807) is 18.8 Å². The van der Waals surface area contributed by atoms with E-state index in [9.17, 15) is 0 Å². The Hall–Kier alpha value is 0.689. The molecule has 0 fully saturated rings. The van der Waals surface area contributed by atoms with E-state index in [0.29, 0.717) is 0 Å². The molecule has 102 valence electrons. The van der Waals surface area contributed by atoms with Gasteiger partial charge < -0.3 is 0 Å². The number of nitrogens with one attached hydrogen (secondary N) is 1. The summed E-state index contributed by atoms with van der Waals surface area (Å²) in [6.07, 6.45) is 8.41. The van der Waals surface area contributed by atoms with Gasteiger partial charge in [0.2, 0.25) is 0 Å². The summed E-state index contributed by atoms with van der Waals surface area (Å²) in [4.78, 5) is 0. The third-order valence-corrected chi connectivity index (χ3v) is 18.7. The van der Waals surface area contributed by atoms with Crippen molar-refractivity contribution in [2.24, 2.45) is 0 Å². The summed E-state index contributed by atoms with van der Waals surface area (Å²) < 4.78 is 6.00. The molecule has 0 amide bonds. The molecule has 0 saturated heterocycles. The van der Waals surface area contributed by atoms with E-state index in [1.807, 2.05) is 0 Å². The summed E-state index contributed by atoms with van der Waals surface area (Å²) in [6, 6.07) is 0. The van der Waals surface area contributed by atoms with Crippen molar-refractivity contribution in [2.45, 2.75) is 72.6 Å². The zero-order valence-electron chi connectivity index (χ0n) is 12.1. The van der Waals surface area contributed by atoms with E-state index in [-0.39, 0.29) is 0 Å². The average molecular weight is 364 g/mol. The molecule has 0 aromatic rings. The molecule has 0 aromatic heterocycles. The van der Waals surface area contributed by atoms with Gasteiger partial charge in [0.1, 0.15) is 0 Å². The number of hydrogen-bond acceptors (Lipinski definition) is 1. The van der Waals surface area contributed by atoms with Gasteiger partial charge in [-0.1, -0.05) is 0 Å². The van der Waals surface area contributed by atoms with E-state index in [1.165, 1.54) is 43.1 Å². The fourth-order valence-electron chi connectivity index (χ4n) is 2.55. The van der Waals surface area contributed by atoms with Gasteiger partial charge in [-0.25, -0.2) is 0 Å². The van der Waals surface area contributed by atoms with Crippen molar-refractivity contribution in [1.29, 1.82) is 0 Å². The van der Waals surface area contributed by atoms with Crippen LogP contribution in [0.3, 0.4) is 0 Å². The van der Waals surface area contributed by atoms with Crippen LogP contribution in [0.5, 0.6) is 0 Å². The van der Waals surface area contributed by atoms with Crippen molar-refractivity contribution < 1.29 is 0 Å². The van der Waals surface area contributed by atoms with Crippen LogP contribution in [0.1, 0.15) is 59.3 Å². The molecule has 0 aliphatic heterocycles. The molecule has 17 heavy (non-hydrogen) atoms. The van der Waals surface area contributed by atoms with Crippen LogP contribution in [-0.4, -0.2) is 28.4 Å². The molecule has 0 aromatic carbocycles. The minimum atomic E-state index is -1.90. The molecule has 0 atom stereocenters. The molecular weight excluding hydrogens is 333 g/mol. The Morgan fingerprint density at radius 2 is 1.29 bits per heavy atom. The first kappa shape index (κ1) is 17.7. The number of thiocarbonyl (C=S) groups is 1. The topological polar surface area (TPSA) is 12.0 Å². The Morgan fingerprint density at radius 1 is 0.882 bits per heavy atom. The zero-order valence-corrected chi connectivity index (χ0v) is 15.7. The first-order chi connectivity index (χ1) is 8.24. The Kier molecular flexibility index (Phi) is 12.2. The second-order valence-electron chi connectivity index (χ2n) is 5.31. The van der Waals surface area contributed by atoms with E-state index < -0.39 is 18.4 Å². The predicted octanol–water partition coefficient (Wildman–Crippen LogP) is 4.92. The molecule has 0 radical (unpaired) electrons. The van der Waals surface area contributed by atoms with Crippen LogP contribution in [0.15, 0.2) is 0 Å². The third-order valence-electron chi connectivity index (χ3n) is 3.74. The SMILES string of the molecule is CCC[CH2][Sn]([CH2]CCC)([CH2]CCC)[CH2]NC=S. The molecule has 0 aliphatic rings. The van der Waals surface area contributed by atoms with Crippen LogP contribution >= 0.6 is 12.2 Å². The van der Waals surface area contributed by atoms with Crippen molar-refractivity contribution in [1.82, 2.24) is 5.32 Å². The van der Waals surface area contributed by atoms with Crippen molar-refractivity contribution >= 4 is 36.1 Å². The minimum absolute atomic E-state index is 1.29. The Morgan fingerprint density at radius 3 is 1.59 bits per heavy atom. The summed E-state index contributed by atoms with van der Waals surface area (Å²) in [5.74, 6) is 0. The molecule has 1 nitrogen and oxygen atoms in total. The average Bonchev–Trinajstić information content (AvgIpc) is 2.37. The molecule has 0 heterocycles. The van der Waals surface area contributed by atoms with Crippen molar-refractivity contribution in [3.63, 3.8) is 0 Å².